The molecule has 3 aromatic rings. The molecule has 3 heterocycles. The van der Waals surface area contributed by atoms with E-state index in [0.717, 1.165) is 23.2 Å². The lowest BCUT2D eigenvalue weighted by atomic mass is 9.99. The summed E-state index contributed by atoms with van der Waals surface area (Å²) in [6, 6.07) is 11.9. The Bertz CT molecular complexity index is 1030. The highest BCUT2D eigenvalue weighted by Gasteiger charge is 2.37. The SMILES string of the molecule is CCCN1CCN(C(=O)c2cnc(C)cn2)[C@@H](Cc2ccc(-c3cccs3)cc2)C1=O. The number of amides is 2. The second-order valence-corrected chi connectivity index (χ2v) is 8.71. The normalized spacial score (nSPS) is 16.6. The van der Waals surface area contributed by atoms with E-state index < -0.39 is 6.04 Å². The Morgan fingerprint density at radius 2 is 1.94 bits per heavy atom. The van der Waals surface area contributed by atoms with Crippen LogP contribution in [0.25, 0.3) is 10.4 Å². The molecule has 0 saturated carbocycles. The fourth-order valence-electron chi connectivity index (χ4n) is 3.89. The number of hydrogen-bond donors (Lipinski definition) is 0. The summed E-state index contributed by atoms with van der Waals surface area (Å²) in [5.74, 6) is -0.235. The van der Waals surface area contributed by atoms with E-state index >= 15 is 0 Å². The number of hydrogen-bond acceptors (Lipinski definition) is 5. The average molecular weight is 435 g/mol. The highest BCUT2D eigenvalue weighted by molar-refractivity contribution is 7.13. The zero-order valence-electron chi connectivity index (χ0n) is 17.8. The molecule has 0 spiro atoms. The fourth-order valence-corrected chi connectivity index (χ4v) is 4.63. The number of carbonyl (C=O) groups excluding carboxylic acids is 2. The molecule has 6 nitrogen and oxygen atoms in total. The molecule has 1 atom stereocenters. The lowest BCUT2D eigenvalue weighted by molar-refractivity contribution is -0.140. The molecule has 0 N–H and O–H groups in total. The van der Waals surface area contributed by atoms with Gasteiger partial charge >= 0.3 is 0 Å². The molecule has 1 aliphatic heterocycles. The van der Waals surface area contributed by atoms with Crippen molar-refractivity contribution in [1.82, 2.24) is 19.8 Å². The number of thiophene rings is 1. The van der Waals surface area contributed by atoms with Gasteiger partial charge in [-0.25, -0.2) is 4.98 Å². The van der Waals surface area contributed by atoms with Crippen molar-refractivity contribution in [2.24, 2.45) is 0 Å². The van der Waals surface area contributed by atoms with Crippen LogP contribution in [0, 0.1) is 6.92 Å². The van der Waals surface area contributed by atoms with E-state index in [4.69, 9.17) is 0 Å². The smallest absolute Gasteiger partial charge is 0.274 e. The first-order chi connectivity index (χ1) is 15.1. The van der Waals surface area contributed by atoms with Gasteiger partial charge in [-0.15, -0.1) is 11.3 Å². The molecular formula is C24H26N4O2S. The first kappa shape index (κ1) is 21.2. The standard InChI is InChI=1S/C24H26N4O2S/c1-3-10-27-11-12-28(23(29)20-16-25-17(2)15-26-20)21(24(27)30)14-18-6-8-19(9-7-18)22-5-4-13-31-22/h4-9,13,15-16,21H,3,10-12,14H2,1-2H3/t21-/m0/s1. The molecule has 2 amide bonds. The van der Waals surface area contributed by atoms with Crippen molar-refractivity contribution in [2.45, 2.75) is 32.7 Å². The number of aryl methyl sites for hydroxylation is 1. The van der Waals surface area contributed by atoms with Crippen molar-refractivity contribution in [3.63, 3.8) is 0 Å². The molecule has 160 valence electrons. The van der Waals surface area contributed by atoms with Crippen molar-refractivity contribution >= 4 is 23.2 Å². The highest BCUT2D eigenvalue weighted by atomic mass is 32.1. The largest absolute Gasteiger partial charge is 0.339 e. The van der Waals surface area contributed by atoms with Crippen LogP contribution in [-0.4, -0.2) is 57.3 Å². The van der Waals surface area contributed by atoms with Gasteiger partial charge in [-0.3, -0.25) is 14.6 Å². The van der Waals surface area contributed by atoms with Crippen molar-refractivity contribution < 1.29 is 9.59 Å². The topological polar surface area (TPSA) is 66.4 Å². The zero-order valence-corrected chi connectivity index (χ0v) is 18.6. The molecule has 0 radical (unpaired) electrons. The second kappa shape index (κ2) is 9.39. The monoisotopic (exact) mass is 434 g/mol. The predicted octanol–water partition coefficient (Wildman–Crippen LogP) is 3.82. The third kappa shape index (κ3) is 4.66. The molecule has 7 heteroatoms. The van der Waals surface area contributed by atoms with Gasteiger partial charge < -0.3 is 9.80 Å². The van der Waals surface area contributed by atoms with E-state index in [2.05, 4.69) is 52.6 Å². The van der Waals surface area contributed by atoms with Gasteiger partial charge in [-0.2, -0.15) is 0 Å². The van der Waals surface area contributed by atoms with E-state index in [1.54, 1.807) is 22.4 Å². The first-order valence-electron chi connectivity index (χ1n) is 10.6. The summed E-state index contributed by atoms with van der Waals surface area (Å²) in [5.41, 5.74) is 3.22. The fraction of sp³-hybridized carbons (Fsp3) is 0.333. The van der Waals surface area contributed by atoms with Gasteiger partial charge in [0.05, 0.1) is 11.9 Å². The number of piperazine rings is 1. The molecular weight excluding hydrogens is 408 g/mol. The minimum Gasteiger partial charge on any atom is -0.339 e. The maximum Gasteiger partial charge on any atom is 0.274 e. The molecule has 31 heavy (non-hydrogen) atoms. The van der Waals surface area contributed by atoms with Gasteiger partial charge in [0.25, 0.3) is 5.91 Å². The van der Waals surface area contributed by atoms with E-state index in [0.29, 0.717) is 26.1 Å². The Hall–Kier alpha value is -3.06. The summed E-state index contributed by atoms with van der Waals surface area (Å²) in [6.45, 7) is 5.64. The van der Waals surface area contributed by atoms with Gasteiger partial charge in [0.2, 0.25) is 5.91 Å². The van der Waals surface area contributed by atoms with Crippen LogP contribution >= 0.6 is 11.3 Å². The minimum absolute atomic E-state index is 0.00357. The number of rotatable bonds is 6. The third-order valence-corrected chi connectivity index (χ3v) is 6.45. The summed E-state index contributed by atoms with van der Waals surface area (Å²) < 4.78 is 0. The zero-order chi connectivity index (χ0) is 21.8. The molecule has 1 saturated heterocycles. The number of benzene rings is 1. The maximum absolute atomic E-state index is 13.3. The quantitative estimate of drug-likeness (QED) is 0.592. The van der Waals surface area contributed by atoms with E-state index in [9.17, 15) is 9.59 Å². The lowest BCUT2D eigenvalue weighted by Gasteiger charge is -2.40. The molecule has 1 aromatic carbocycles. The summed E-state index contributed by atoms with van der Waals surface area (Å²) in [7, 11) is 0. The number of aromatic nitrogens is 2. The minimum atomic E-state index is -0.538. The number of carbonyl (C=O) groups is 2. The average Bonchev–Trinajstić information content (AvgIpc) is 3.32. The number of nitrogens with zero attached hydrogens (tertiary/aromatic N) is 4. The van der Waals surface area contributed by atoms with E-state index in [1.807, 2.05) is 17.9 Å². The van der Waals surface area contributed by atoms with E-state index in [1.165, 1.54) is 11.1 Å². The van der Waals surface area contributed by atoms with Gasteiger partial charge in [0, 0.05) is 37.1 Å². The summed E-state index contributed by atoms with van der Waals surface area (Å²) in [4.78, 5) is 39.6. The van der Waals surface area contributed by atoms with E-state index in [-0.39, 0.29) is 17.5 Å². The molecule has 4 rings (SSSR count). The predicted molar refractivity (Wildman–Crippen MR) is 122 cm³/mol. The Morgan fingerprint density at radius 1 is 1.13 bits per heavy atom. The van der Waals surface area contributed by atoms with Gasteiger partial charge in [-0.1, -0.05) is 37.3 Å². The van der Waals surface area contributed by atoms with Crippen LogP contribution in [0.2, 0.25) is 0 Å². The Balaban J connectivity index is 1.58. The van der Waals surface area contributed by atoms with Crippen LogP contribution in [0.4, 0.5) is 0 Å². The van der Waals surface area contributed by atoms with Crippen molar-refractivity contribution in [2.75, 3.05) is 19.6 Å². The van der Waals surface area contributed by atoms with Crippen molar-refractivity contribution in [1.29, 1.82) is 0 Å². The Morgan fingerprint density at radius 3 is 2.58 bits per heavy atom. The summed E-state index contributed by atoms with van der Waals surface area (Å²) in [5, 5.41) is 2.06. The van der Waals surface area contributed by atoms with Crippen molar-refractivity contribution in [3.8, 4) is 10.4 Å². The third-order valence-electron chi connectivity index (χ3n) is 5.53. The maximum atomic E-state index is 13.3. The first-order valence-corrected chi connectivity index (χ1v) is 11.5. The molecule has 1 aliphatic rings. The highest BCUT2D eigenvalue weighted by Crippen LogP contribution is 2.26. The van der Waals surface area contributed by atoms with Crippen LogP contribution in [0.5, 0.6) is 0 Å². The molecule has 1 fully saturated rings. The summed E-state index contributed by atoms with van der Waals surface area (Å²) in [6.07, 6.45) is 4.45. The van der Waals surface area contributed by atoms with Crippen LogP contribution in [-0.2, 0) is 11.2 Å². The van der Waals surface area contributed by atoms with Crippen LogP contribution in [0.3, 0.4) is 0 Å². The molecule has 0 unspecified atom stereocenters. The lowest BCUT2D eigenvalue weighted by Crippen LogP contribution is -2.59. The Labute approximate surface area is 186 Å². The molecule has 2 aromatic heterocycles. The molecule has 0 bridgehead atoms. The van der Waals surface area contributed by atoms with Gasteiger partial charge in [0.1, 0.15) is 11.7 Å². The van der Waals surface area contributed by atoms with Crippen LogP contribution in [0.15, 0.2) is 54.2 Å². The van der Waals surface area contributed by atoms with Gasteiger partial charge in [-0.05, 0) is 35.9 Å². The van der Waals surface area contributed by atoms with Crippen LogP contribution < -0.4 is 0 Å². The Kier molecular flexibility index (Phi) is 6.42. The summed E-state index contributed by atoms with van der Waals surface area (Å²) >= 11 is 1.70. The van der Waals surface area contributed by atoms with Crippen LogP contribution in [0.1, 0.15) is 35.1 Å². The van der Waals surface area contributed by atoms with Gasteiger partial charge in [0.15, 0.2) is 0 Å². The molecule has 0 aliphatic carbocycles. The second-order valence-electron chi connectivity index (χ2n) is 7.76. The van der Waals surface area contributed by atoms with Crippen molar-refractivity contribution in [3.05, 3.63) is 71.1 Å².